The van der Waals surface area contributed by atoms with Crippen molar-refractivity contribution in [2.24, 2.45) is 0 Å². The summed E-state index contributed by atoms with van der Waals surface area (Å²) < 4.78 is 5.14. The predicted octanol–water partition coefficient (Wildman–Crippen LogP) is 3.90. The number of hydrogen-bond acceptors (Lipinski definition) is 4. The lowest BCUT2D eigenvalue weighted by Gasteiger charge is -2.19. The van der Waals surface area contributed by atoms with Crippen molar-refractivity contribution in [1.29, 1.82) is 0 Å². The van der Waals surface area contributed by atoms with Gasteiger partial charge in [0.05, 0.1) is 0 Å². The summed E-state index contributed by atoms with van der Waals surface area (Å²) in [6, 6.07) is 12.8. The van der Waals surface area contributed by atoms with Gasteiger partial charge in [-0.1, -0.05) is 45.0 Å². The minimum absolute atomic E-state index is 0.00743. The number of nitrogens with one attached hydrogen (secondary N) is 2. The van der Waals surface area contributed by atoms with Crippen LogP contribution in [-0.4, -0.2) is 30.4 Å². The van der Waals surface area contributed by atoms with Crippen LogP contribution in [0.25, 0.3) is 0 Å². The van der Waals surface area contributed by atoms with Crippen LogP contribution < -0.4 is 10.6 Å². The van der Waals surface area contributed by atoms with E-state index in [0.29, 0.717) is 11.3 Å². The van der Waals surface area contributed by atoms with Gasteiger partial charge in [0.25, 0.3) is 11.8 Å². The van der Waals surface area contributed by atoms with Crippen LogP contribution >= 0.6 is 0 Å². The lowest BCUT2D eigenvalue weighted by Crippen LogP contribution is -2.36. The maximum Gasteiger partial charge on any atom is 0.326 e. The number of hydrogen-bond donors (Lipinski definition) is 2. The highest BCUT2D eigenvalue weighted by Crippen LogP contribution is 2.22. The van der Waals surface area contributed by atoms with E-state index in [2.05, 4.69) is 31.4 Å². The maximum absolute atomic E-state index is 12.3. The summed E-state index contributed by atoms with van der Waals surface area (Å²) in [5, 5.41) is 5.28. The first-order chi connectivity index (χ1) is 14.0. The highest BCUT2D eigenvalue weighted by Gasteiger charge is 2.20. The number of anilines is 1. The largest absolute Gasteiger partial charge is 0.451 e. The van der Waals surface area contributed by atoms with Crippen molar-refractivity contribution >= 4 is 23.5 Å². The number of amides is 2. The van der Waals surface area contributed by atoms with E-state index in [1.165, 1.54) is 6.92 Å². The molecule has 2 aromatic carbocycles. The Morgan fingerprint density at radius 2 is 1.63 bits per heavy atom. The Kier molecular flexibility index (Phi) is 7.38. The molecule has 6 heteroatoms. The summed E-state index contributed by atoms with van der Waals surface area (Å²) in [6.45, 7) is 11.3. The highest BCUT2D eigenvalue weighted by atomic mass is 16.5. The van der Waals surface area contributed by atoms with E-state index in [-0.39, 0.29) is 17.9 Å². The van der Waals surface area contributed by atoms with Gasteiger partial charge >= 0.3 is 5.97 Å². The number of rotatable bonds is 6. The fourth-order valence-corrected chi connectivity index (χ4v) is 2.79. The van der Waals surface area contributed by atoms with Gasteiger partial charge in [0, 0.05) is 11.3 Å². The monoisotopic (exact) mass is 410 g/mol. The molecule has 160 valence electrons. The third kappa shape index (κ3) is 6.17. The summed E-state index contributed by atoms with van der Waals surface area (Å²) in [7, 11) is 0. The fourth-order valence-electron chi connectivity index (χ4n) is 2.79. The molecule has 0 radical (unpaired) electrons. The molecule has 6 nitrogen and oxygen atoms in total. The molecule has 2 N–H and O–H groups in total. The molecule has 0 aromatic heterocycles. The molecule has 0 bridgehead atoms. The summed E-state index contributed by atoms with van der Waals surface area (Å²) in [5.74, 6) is -1.49. The van der Waals surface area contributed by atoms with Crippen molar-refractivity contribution < 1.29 is 19.1 Å². The topological polar surface area (TPSA) is 84.5 Å². The molecule has 2 aromatic rings. The van der Waals surface area contributed by atoms with E-state index in [9.17, 15) is 14.4 Å². The van der Waals surface area contributed by atoms with Crippen LogP contribution in [0, 0.1) is 13.8 Å². The Morgan fingerprint density at radius 1 is 1.00 bits per heavy atom. The van der Waals surface area contributed by atoms with Crippen molar-refractivity contribution in [3.8, 4) is 0 Å². The first kappa shape index (κ1) is 23.1. The lowest BCUT2D eigenvalue weighted by atomic mass is 9.87. The fraction of sp³-hybridized carbons (Fsp3) is 0.375. The first-order valence-electron chi connectivity index (χ1n) is 9.94. The van der Waals surface area contributed by atoms with Crippen LogP contribution in [0.4, 0.5) is 5.69 Å². The van der Waals surface area contributed by atoms with Gasteiger partial charge in [-0.05, 0) is 61.1 Å². The van der Waals surface area contributed by atoms with Gasteiger partial charge in [-0.25, -0.2) is 0 Å². The van der Waals surface area contributed by atoms with Crippen LogP contribution in [0.5, 0.6) is 0 Å². The Hall–Kier alpha value is -3.15. The van der Waals surface area contributed by atoms with E-state index in [4.69, 9.17) is 4.74 Å². The maximum atomic E-state index is 12.3. The molecule has 0 spiro atoms. The van der Waals surface area contributed by atoms with E-state index < -0.39 is 18.0 Å². The van der Waals surface area contributed by atoms with E-state index in [1.807, 2.05) is 38.1 Å². The quantitative estimate of drug-likeness (QED) is 0.708. The van der Waals surface area contributed by atoms with E-state index in [1.54, 1.807) is 18.2 Å². The minimum atomic E-state index is -0.986. The average molecular weight is 411 g/mol. The minimum Gasteiger partial charge on any atom is -0.451 e. The van der Waals surface area contributed by atoms with Crippen molar-refractivity contribution in [2.75, 3.05) is 11.9 Å². The second kappa shape index (κ2) is 9.57. The second-order valence-electron chi connectivity index (χ2n) is 8.38. The molecule has 0 fully saturated rings. The van der Waals surface area contributed by atoms with Crippen LogP contribution in [0.1, 0.15) is 54.7 Å². The molecule has 2 amide bonds. The molecule has 0 aliphatic heterocycles. The van der Waals surface area contributed by atoms with Crippen molar-refractivity contribution in [1.82, 2.24) is 5.32 Å². The molecule has 0 saturated heterocycles. The Balaban J connectivity index is 1.85. The normalized spacial score (nSPS) is 12.1. The number of benzene rings is 2. The van der Waals surface area contributed by atoms with Crippen molar-refractivity contribution in [3.05, 3.63) is 64.7 Å². The second-order valence-corrected chi connectivity index (χ2v) is 8.38. The third-order valence-corrected chi connectivity index (χ3v) is 4.95. The molecule has 0 aliphatic carbocycles. The van der Waals surface area contributed by atoms with Gasteiger partial charge in [0.15, 0.2) is 6.10 Å². The molecule has 0 heterocycles. The summed E-state index contributed by atoms with van der Waals surface area (Å²) in [5.41, 5.74) is 4.24. The van der Waals surface area contributed by atoms with Crippen LogP contribution in [0.3, 0.4) is 0 Å². The predicted molar refractivity (Wildman–Crippen MR) is 118 cm³/mol. The zero-order valence-corrected chi connectivity index (χ0v) is 18.5. The van der Waals surface area contributed by atoms with E-state index in [0.717, 1.165) is 16.7 Å². The number of esters is 1. The zero-order chi connectivity index (χ0) is 22.5. The number of carbonyl (C=O) groups is 3. The van der Waals surface area contributed by atoms with Gasteiger partial charge in [0.2, 0.25) is 0 Å². The van der Waals surface area contributed by atoms with Gasteiger partial charge in [-0.15, -0.1) is 0 Å². The first-order valence-corrected chi connectivity index (χ1v) is 9.94. The van der Waals surface area contributed by atoms with Crippen LogP contribution in [0.15, 0.2) is 42.5 Å². The Bertz CT molecular complexity index is 927. The molecule has 0 unspecified atom stereocenters. The summed E-state index contributed by atoms with van der Waals surface area (Å²) in [6.07, 6.45) is -0.986. The lowest BCUT2D eigenvalue weighted by molar-refractivity contribution is -0.152. The molecule has 30 heavy (non-hydrogen) atoms. The van der Waals surface area contributed by atoms with Gasteiger partial charge < -0.3 is 15.4 Å². The number of carbonyl (C=O) groups excluding carboxylic acids is 3. The molecule has 1 atom stereocenters. The van der Waals surface area contributed by atoms with Gasteiger partial charge in [-0.2, -0.15) is 0 Å². The smallest absolute Gasteiger partial charge is 0.326 e. The summed E-state index contributed by atoms with van der Waals surface area (Å²) >= 11 is 0. The third-order valence-electron chi connectivity index (χ3n) is 4.95. The molecule has 2 rings (SSSR count). The summed E-state index contributed by atoms with van der Waals surface area (Å²) in [4.78, 5) is 36.6. The molecular weight excluding hydrogens is 380 g/mol. The standard InChI is InChI=1S/C24H30N2O4/c1-15-8-7-9-20(16(15)2)26-22(28)17(3)30-21(27)14-25-23(29)18-10-12-19(13-11-18)24(4,5)6/h7-13,17H,14H2,1-6H3,(H,25,29)(H,26,28)/t17-/m0/s1. The van der Waals surface area contributed by atoms with Crippen LogP contribution in [0.2, 0.25) is 0 Å². The zero-order valence-electron chi connectivity index (χ0n) is 18.5. The van der Waals surface area contributed by atoms with Gasteiger partial charge in [-0.3, -0.25) is 14.4 Å². The van der Waals surface area contributed by atoms with Crippen molar-refractivity contribution in [3.63, 3.8) is 0 Å². The average Bonchev–Trinajstić information content (AvgIpc) is 2.69. The molecule has 0 aliphatic rings. The van der Waals surface area contributed by atoms with Crippen LogP contribution in [-0.2, 0) is 19.7 Å². The van der Waals surface area contributed by atoms with Gasteiger partial charge in [0.1, 0.15) is 6.54 Å². The number of aryl methyl sites for hydroxylation is 1. The molecular formula is C24H30N2O4. The Labute approximate surface area is 178 Å². The SMILES string of the molecule is Cc1cccc(NC(=O)[C@H](C)OC(=O)CNC(=O)c2ccc(C(C)(C)C)cc2)c1C. The number of ether oxygens (including phenoxy) is 1. The van der Waals surface area contributed by atoms with Crippen molar-refractivity contribution in [2.45, 2.75) is 53.1 Å². The Morgan fingerprint density at radius 3 is 2.23 bits per heavy atom. The molecule has 0 saturated carbocycles. The van der Waals surface area contributed by atoms with E-state index >= 15 is 0 Å². The highest BCUT2D eigenvalue weighted by molar-refractivity contribution is 5.97.